The highest BCUT2D eigenvalue weighted by Crippen LogP contribution is 2.25. The van der Waals surface area contributed by atoms with Gasteiger partial charge in [0.05, 0.1) is 37.0 Å². The van der Waals surface area contributed by atoms with Gasteiger partial charge in [0.25, 0.3) is 0 Å². The van der Waals surface area contributed by atoms with Crippen molar-refractivity contribution in [1.82, 2.24) is 18.8 Å². The number of ether oxygens (including phenoxy) is 1. The number of morpholine rings is 1. The van der Waals surface area contributed by atoms with Crippen molar-refractivity contribution in [3.63, 3.8) is 0 Å². The normalized spacial score (nSPS) is 28.5. The van der Waals surface area contributed by atoms with Gasteiger partial charge in [-0.2, -0.15) is 4.31 Å². The van der Waals surface area contributed by atoms with Gasteiger partial charge in [-0.15, -0.1) is 0 Å². The molecule has 0 spiro atoms. The number of imidazole rings is 1. The maximum Gasteiger partial charge on any atom is 0.211 e. The van der Waals surface area contributed by atoms with E-state index in [0.717, 1.165) is 25.2 Å². The van der Waals surface area contributed by atoms with E-state index in [-0.39, 0.29) is 12.1 Å². The minimum Gasteiger partial charge on any atom is -0.375 e. The summed E-state index contributed by atoms with van der Waals surface area (Å²) in [6, 6.07) is -0.0734. The van der Waals surface area contributed by atoms with Gasteiger partial charge in [0.2, 0.25) is 10.0 Å². The summed E-state index contributed by atoms with van der Waals surface area (Å²) in [5.74, 6) is 0. The van der Waals surface area contributed by atoms with Crippen LogP contribution in [0.4, 0.5) is 0 Å². The Labute approximate surface area is 125 Å². The van der Waals surface area contributed by atoms with E-state index in [0.29, 0.717) is 19.7 Å². The van der Waals surface area contributed by atoms with Crippen molar-refractivity contribution >= 4 is 10.0 Å². The highest BCUT2D eigenvalue weighted by molar-refractivity contribution is 7.88. The fourth-order valence-corrected chi connectivity index (χ4v) is 4.33. The Morgan fingerprint density at radius 2 is 2.24 bits per heavy atom. The first-order valence-corrected chi connectivity index (χ1v) is 9.06. The van der Waals surface area contributed by atoms with Gasteiger partial charge in [0.1, 0.15) is 0 Å². The third-order valence-corrected chi connectivity index (χ3v) is 5.65. The molecule has 8 heteroatoms. The Morgan fingerprint density at radius 3 is 2.90 bits per heavy atom. The molecule has 0 N–H and O–H groups in total. The van der Waals surface area contributed by atoms with E-state index in [1.54, 1.807) is 10.6 Å². The predicted molar refractivity (Wildman–Crippen MR) is 78.2 cm³/mol. The molecule has 0 aliphatic carbocycles. The van der Waals surface area contributed by atoms with E-state index in [2.05, 4.69) is 9.88 Å². The maximum atomic E-state index is 12.0. The molecule has 3 heterocycles. The van der Waals surface area contributed by atoms with Crippen LogP contribution in [0.1, 0.15) is 12.1 Å². The molecule has 2 saturated heterocycles. The first-order chi connectivity index (χ1) is 9.95. The van der Waals surface area contributed by atoms with E-state index in [1.165, 1.54) is 6.26 Å². The predicted octanol–water partition coefficient (Wildman–Crippen LogP) is -0.345. The second-order valence-electron chi connectivity index (χ2n) is 5.87. The highest BCUT2D eigenvalue weighted by Gasteiger charge is 2.40. The van der Waals surface area contributed by atoms with Crippen molar-refractivity contribution in [2.45, 2.75) is 25.1 Å². The van der Waals surface area contributed by atoms with Crippen LogP contribution in [0, 0.1) is 0 Å². The standard InChI is InChI=1S/C13H22N4O3S/c1-15-10-14-7-11(15)8-16-4-3-13-12(9-16)17(5-6-20-13)21(2,18)19/h7,10,12-13H,3-6,8-9H2,1-2H3/t12-,13-/m0/s1. The zero-order valence-electron chi connectivity index (χ0n) is 12.5. The van der Waals surface area contributed by atoms with Gasteiger partial charge < -0.3 is 9.30 Å². The Morgan fingerprint density at radius 1 is 1.43 bits per heavy atom. The van der Waals surface area contributed by atoms with Gasteiger partial charge in [-0.1, -0.05) is 0 Å². The molecule has 0 aromatic carbocycles. The number of likely N-dealkylation sites (tertiary alicyclic amines) is 1. The summed E-state index contributed by atoms with van der Waals surface area (Å²) in [4.78, 5) is 6.41. The molecule has 1 aromatic heterocycles. The Balaban J connectivity index is 1.73. The third kappa shape index (κ3) is 3.13. The fraction of sp³-hybridized carbons (Fsp3) is 0.769. The topological polar surface area (TPSA) is 67.7 Å². The zero-order valence-corrected chi connectivity index (χ0v) is 13.3. The number of rotatable bonds is 3. The van der Waals surface area contributed by atoms with Gasteiger partial charge in [0.15, 0.2) is 0 Å². The molecule has 0 amide bonds. The molecule has 0 bridgehead atoms. The lowest BCUT2D eigenvalue weighted by atomic mass is 10.0. The largest absolute Gasteiger partial charge is 0.375 e. The molecule has 0 unspecified atom stereocenters. The molecule has 2 aliphatic rings. The summed E-state index contributed by atoms with van der Waals surface area (Å²) in [7, 11) is -1.21. The van der Waals surface area contributed by atoms with Crippen molar-refractivity contribution in [2.24, 2.45) is 7.05 Å². The Kier molecular flexibility index (Phi) is 4.04. The lowest BCUT2D eigenvalue weighted by Crippen LogP contribution is -2.60. The summed E-state index contributed by atoms with van der Waals surface area (Å²) in [6.45, 7) is 3.37. The Hall–Kier alpha value is -0.960. The van der Waals surface area contributed by atoms with Crippen LogP contribution in [0.3, 0.4) is 0 Å². The van der Waals surface area contributed by atoms with Crippen LogP contribution in [-0.4, -0.2) is 71.8 Å². The molecule has 0 radical (unpaired) electrons. The lowest BCUT2D eigenvalue weighted by Gasteiger charge is -2.45. The first-order valence-electron chi connectivity index (χ1n) is 7.21. The minimum atomic E-state index is -3.18. The number of aryl methyl sites for hydroxylation is 1. The number of fused-ring (bicyclic) bond motifs is 1. The minimum absolute atomic E-state index is 0.0243. The van der Waals surface area contributed by atoms with Crippen molar-refractivity contribution in [1.29, 1.82) is 0 Å². The Bertz CT molecular complexity index is 600. The van der Waals surface area contributed by atoms with Crippen molar-refractivity contribution in [3.8, 4) is 0 Å². The van der Waals surface area contributed by atoms with Gasteiger partial charge in [-0.05, 0) is 6.42 Å². The van der Waals surface area contributed by atoms with Crippen LogP contribution in [-0.2, 0) is 28.4 Å². The van der Waals surface area contributed by atoms with Crippen molar-refractivity contribution < 1.29 is 13.2 Å². The second-order valence-corrected chi connectivity index (χ2v) is 7.81. The van der Waals surface area contributed by atoms with Gasteiger partial charge >= 0.3 is 0 Å². The van der Waals surface area contributed by atoms with E-state index in [4.69, 9.17) is 4.74 Å². The maximum absolute atomic E-state index is 12.0. The van der Waals surface area contributed by atoms with E-state index in [9.17, 15) is 8.42 Å². The number of hydrogen-bond donors (Lipinski definition) is 0. The number of hydrogen-bond acceptors (Lipinski definition) is 5. The molecule has 0 saturated carbocycles. The van der Waals surface area contributed by atoms with Crippen LogP contribution in [0.5, 0.6) is 0 Å². The molecule has 2 atom stereocenters. The van der Waals surface area contributed by atoms with Gasteiger partial charge in [0, 0.05) is 39.4 Å². The summed E-state index contributed by atoms with van der Waals surface area (Å²) in [6.07, 6.45) is 5.83. The molecular weight excluding hydrogens is 292 g/mol. The number of sulfonamides is 1. The average Bonchev–Trinajstić information content (AvgIpc) is 2.82. The monoisotopic (exact) mass is 314 g/mol. The smallest absolute Gasteiger partial charge is 0.211 e. The zero-order chi connectivity index (χ0) is 15.0. The molecule has 2 aliphatic heterocycles. The lowest BCUT2D eigenvalue weighted by molar-refractivity contribution is -0.0770. The third-order valence-electron chi connectivity index (χ3n) is 4.35. The van der Waals surface area contributed by atoms with E-state index >= 15 is 0 Å². The average molecular weight is 314 g/mol. The molecule has 118 valence electrons. The fourth-order valence-electron chi connectivity index (χ4n) is 3.23. The summed E-state index contributed by atoms with van der Waals surface area (Å²) >= 11 is 0. The van der Waals surface area contributed by atoms with Crippen LogP contribution < -0.4 is 0 Å². The molecule has 21 heavy (non-hydrogen) atoms. The number of aromatic nitrogens is 2. The molecule has 2 fully saturated rings. The number of piperidine rings is 1. The highest BCUT2D eigenvalue weighted by atomic mass is 32.2. The van der Waals surface area contributed by atoms with Crippen LogP contribution >= 0.6 is 0 Å². The summed E-state index contributed by atoms with van der Waals surface area (Å²) in [5, 5.41) is 0. The van der Waals surface area contributed by atoms with Crippen molar-refractivity contribution in [2.75, 3.05) is 32.5 Å². The van der Waals surface area contributed by atoms with Crippen LogP contribution in [0.25, 0.3) is 0 Å². The van der Waals surface area contributed by atoms with Crippen LogP contribution in [0.2, 0.25) is 0 Å². The first kappa shape index (κ1) is 15.0. The number of nitrogens with zero attached hydrogens (tertiary/aromatic N) is 4. The second kappa shape index (κ2) is 5.68. The summed E-state index contributed by atoms with van der Waals surface area (Å²) in [5.41, 5.74) is 1.14. The SMILES string of the molecule is Cn1cncc1CN1CC[C@@H]2OCCN(S(C)(=O)=O)[C@H]2C1. The van der Waals surface area contributed by atoms with E-state index < -0.39 is 10.0 Å². The molecular formula is C13H22N4O3S. The molecule has 3 rings (SSSR count). The quantitative estimate of drug-likeness (QED) is 0.763. The van der Waals surface area contributed by atoms with E-state index in [1.807, 2.05) is 17.8 Å². The van der Waals surface area contributed by atoms with Gasteiger partial charge in [-0.25, -0.2) is 13.4 Å². The van der Waals surface area contributed by atoms with Crippen molar-refractivity contribution in [3.05, 3.63) is 18.2 Å². The molecule has 1 aromatic rings. The van der Waals surface area contributed by atoms with Gasteiger partial charge in [-0.3, -0.25) is 4.90 Å². The van der Waals surface area contributed by atoms with Crippen LogP contribution in [0.15, 0.2) is 12.5 Å². The molecule has 7 nitrogen and oxygen atoms in total. The summed E-state index contributed by atoms with van der Waals surface area (Å²) < 4.78 is 33.3.